The SMILES string of the molecule is NC(=O)OC[C@@H]1[C@H](NC(=O)C(=NOCC(=O)N2CCCCCC2)c2csc(N)n2)C(=O)N1S(=O)(=O)O.[H-].[Na+]. The van der Waals surface area contributed by atoms with Gasteiger partial charge in [-0.25, -0.2) is 14.1 Å². The Bertz CT molecular complexity index is 1160. The van der Waals surface area contributed by atoms with E-state index in [1.54, 1.807) is 4.90 Å². The van der Waals surface area contributed by atoms with Crippen molar-refractivity contribution in [2.45, 2.75) is 37.8 Å². The summed E-state index contributed by atoms with van der Waals surface area (Å²) in [7, 11) is -5.01. The molecule has 0 radical (unpaired) electrons. The van der Waals surface area contributed by atoms with E-state index < -0.39 is 59.2 Å². The van der Waals surface area contributed by atoms with Crippen molar-refractivity contribution in [2.75, 3.05) is 32.0 Å². The van der Waals surface area contributed by atoms with Crippen LogP contribution in [0.15, 0.2) is 10.5 Å². The van der Waals surface area contributed by atoms with Gasteiger partial charge in [-0.1, -0.05) is 18.0 Å². The number of nitrogen functional groups attached to an aromatic ring is 1. The fourth-order valence-corrected chi connectivity index (χ4v) is 5.08. The third kappa shape index (κ3) is 7.99. The largest absolute Gasteiger partial charge is 1.00 e. The Morgan fingerprint density at radius 2 is 1.92 bits per heavy atom. The van der Waals surface area contributed by atoms with Crippen molar-refractivity contribution in [3.05, 3.63) is 11.1 Å². The van der Waals surface area contributed by atoms with Crippen molar-refractivity contribution in [2.24, 2.45) is 10.9 Å². The minimum atomic E-state index is -5.01. The van der Waals surface area contributed by atoms with Crippen molar-refractivity contribution in [3.63, 3.8) is 0 Å². The summed E-state index contributed by atoms with van der Waals surface area (Å²) in [6.45, 7) is -0.0114. The first-order chi connectivity index (χ1) is 17.0. The number of ether oxygens (including phenoxy) is 1. The van der Waals surface area contributed by atoms with E-state index in [9.17, 15) is 32.1 Å². The minimum absolute atomic E-state index is 0. The molecule has 4 amide bonds. The van der Waals surface area contributed by atoms with Gasteiger partial charge >= 0.3 is 46.0 Å². The van der Waals surface area contributed by atoms with Crippen LogP contribution in [0.25, 0.3) is 0 Å². The molecule has 19 heteroatoms. The Morgan fingerprint density at radius 1 is 1.27 bits per heavy atom. The number of oxime groups is 1. The van der Waals surface area contributed by atoms with Crippen molar-refractivity contribution in [1.29, 1.82) is 0 Å². The van der Waals surface area contributed by atoms with Gasteiger partial charge in [0.05, 0.1) is 0 Å². The zero-order chi connectivity index (χ0) is 26.5. The van der Waals surface area contributed by atoms with Gasteiger partial charge in [-0.15, -0.1) is 11.3 Å². The van der Waals surface area contributed by atoms with Gasteiger partial charge in [0.1, 0.15) is 24.4 Å². The molecule has 37 heavy (non-hydrogen) atoms. The number of carbonyl (C=O) groups is 4. The van der Waals surface area contributed by atoms with Crippen LogP contribution < -0.4 is 46.3 Å². The molecule has 0 unspecified atom stereocenters. The quantitative estimate of drug-likeness (QED) is 0.0725. The molecule has 1 aromatic rings. The molecule has 0 aromatic carbocycles. The average molecular weight is 572 g/mol. The Morgan fingerprint density at radius 3 is 2.46 bits per heavy atom. The third-order valence-electron chi connectivity index (χ3n) is 5.38. The van der Waals surface area contributed by atoms with Gasteiger partial charge in [-0.05, 0) is 12.8 Å². The predicted octanol–water partition coefficient (Wildman–Crippen LogP) is -4.44. The number of anilines is 1. The van der Waals surface area contributed by atoms with Crippen LogP contribution >= 0.6 is 11.3 Å². The number of primary amides is 1. The van der Waals surface area contributed by atoms with Gasteiger partial charge < -0.3 is 32.7 Å². The molecule has 200 valence electrons. The van der Waals surface area contributed by atoms with Crippen molar-refractivity contribution in [3.8, 4) is 0 Å². The second kappa shape index (κ2) is 13.3. The number of hydrogen-bond donors (Lipinski definition) is 4. The zero-order valence-corrected chi connectivity index (χ0v) is 23.5. The van der Waals surface area contributed by atoms with Crippen LogP contribution in [0.2, 0.25) is 0 Å². The maximum atomic E-state index is 13.0. The molecule has 2 atom stereocenters. The van der Waals surface area contributed by atoms with E-state index in [0.717, 1.165) is 37.0 Å². The maximum Gasteiger partial charge on any atom is 1.00 e. The molecule has 3 heterocycles. The zero-order valence-electron chi connectivity index (χ0n) is 20.9. The van der Waals surface area contributed by atoms with Crippen molar-refractivity contribution < 1.29 is 72.7 Å². The van der Waals surface area contributed by atoms with E-state index in [0.29, 0.717) is 13.1 Å². The number of aromatic nitrogens is 1. The molecule has 0 bridgehead atoms. The molecule has 2 saturated heterocycles. The molecule has 1 aromatic heterocycles. The number of amides is 4. The monoisotopic (exact) mass is 571 g/mol. The predicted molar refractivity (Wildman–Crippen MR) is 125 cm³/mol. The molecule has 0 spiro atoms. The molecule has 16 nitrogen and oxygen atoms in total. The summed E-state index contributed by atoms with van der Waals surface area (Å²) in [6.07, 6.45) is 2.53. The first kappa shape index (κ1) is 30.7. The van der Waals surface area contributed by atoms with Crippen LogP contribution in [0.5, 0.6) is 0 Å². The summed E-state index contributed by atoms with van der Waals surface area (Å²) in [6, 6.07) is -3.00. The number of nitrogens with zero attached hydrogens (tertiary/aromatic N) is 4. The minimum Gasteiger partial charge on any atom is -1.00 e. The summed E-state index contributed by atoms with van der Waals surface area (Å²) in [4.78, 5) is 59.3. The number of β-lactam (4-membered cyclic amide) rings is 1. The number of carbonyl (C=O) groups excluding carboxylic acids is 4. The van der Waals surface area contributed by atoms with Crippen molar-refractivity contribution >= 4 is 56.3 Å². The smallest absolute Gasteiger partial charge is 1.00 e. The molecular weight excluding hydrogens is 545 g/mol. The van der Waals surface area contributed by atoms with Gasteiger partial charge in [0.25, 0.3) is 17.7 Å². The first-order valence-corrected chi connectivity index (χ1v) is 13.0. The summed E-state index contributed by atoms with van der Waals surface area (Å²) in [5, 5.41) is 7.43. The molecule has 3 rings (SSSR count). The maximum absolute atomic E-state index is 13.0. The Balaban J connectivity index is 0.00000361. The van der Waals surface area contributed by atoms with E-state index in [4.69, 9.17) is 16.3 Å². The van der Waals surface area contributed by atoms with Gasteiger partial charge in [0.15, 0.2) is 17.5 Å². The molecular formula is C18H26N7NaO9S2. The number of rotatable bonds is 9. The topological polar surface area (TPSA) is 237 Å². The van der Waals surface area contributed by atoms with Gasteiger partial charge in [-0.2, -0.15) is 8.42 Å². The van der Waals surface area contributed by atoms with E-state index in [2.05, 4.69) is 20.2 Å². The first-order valence-electron chi connectivity index (χ1n) is 10.7. The van der Waals surface area contributed by atoms with Crippen LogP contribution in [0.4, 0.5) is 9.93 Å². The summed E-state index contributed by atoms with van der Waals surface area (Å²) >= 11 is 0.986. The number of thiazole rings is 1. The third-order valence-corrected chi connectivity index (χ3v) is 7.00. The van der Waals surface area contributed by atoms with Crippen LogP contribution in [-0.4, -0.2) is 95.1 Å². The normalized spacial score (nSPS) is 20.2. The number of nitrogens with two attached hydrogens (primary N) is 2. The van der Waals surface area contributed by atoms with E-state index in [-0.39, 0.29) is 52.0 Å². The average Bonchev–Trinajstić information content (AvgIpc) is 3.04. The molecule has 0 aliphatic carbocycles. The second-order valence-corrected chi connectivity index (χ2v) is 10.0. The van der Waals surface area contributed by atoms with E-state index >= 15 is 0 Å². The number of hydrogen-bond acceptors (Lipinski definition) is 12. The van der Waals surface area contributed by atoms with Crippen LogP contribution in [-0.2, 0) is 34.3 Å². The molecule has 2 fully saturated rings. The van der Waals surface area contributed by atoms with Crippen LogP contribution in [0, 0.1) is 0 Å². The van der Waals surface area contributed by atoms with E-state index in [1.807, 2.05) is 0 Å². The summed E-state index contributed by atoms with van der Waals surface area (Å²) < 4.78 is 36.8. The van der Waals surface area contributed by atoms with Gasteiger partial charge in [0, 0.05) is 18.5 Å². The molecule has 2 aliphatic rings. The molecule has 2 aliphatic heterocycles. The van der Waals surface area contributed by atoms with E-state index in [1.165, 1.54) is 5.38 Å². The molecule has 0 saturated carbocycles. The Hall–Kier alpha value is -2.51. The fourth-order valence-electron chi connectivity index (χ4n) is 3.67. The number of nitrogens with one attached hydrogen (secondary N) is 1. The second-order valence-electron chi connectivity index (χ2n) is 7.84. The number of likely N-dealkylation sites (tertiary alicyclic amines) is 1. The van der Waals surface area contributed by atoms with Crippen LogP contribution in [0.1, 0.15) is 32.8 Å². The van der Waals surface area contributed by atoms with Gasteiger partial charge in [-0.3, -0.25) is 18.9 Å². The summed E-state index contributed by atoms with van der Waals surface area (Å²) in [5.74, 6) is -2.54. The Kier molecular flexibility index (Phi) is 11.1. The summed E-state index contributed by atoms with van der Waals surface area (Å²) in [5.41, 5.74) is 10.0. The van der Waals surface area contributed by atoms with Crippen molar-refractivity contribution in [1.82, 2.24) is 19.5 Å². The van der Waals surface area contributed by atoms with Gasteiger partial charge in [0.2, 0.25) is 0 Å². The van der Waals surface area contributed by atoms with Crippen LogP contribution in [0.3, 0.4) is 0 Å². The fraction of sp³-hybridized carbons (Fsp3) is 0.556. The molecule has 6 N–H and O–H groups in total. The standard InChI is InChI=1S/C18H25N7O9S2.Na.H/c19-17-21-10(9-35-17)13(23-34-8-12(26)24-5-3-1-2-4-6-24)15(27)22-14-11(7-33-18(20)29)25(16(14)28)36(30,31)32;;/h9,11,14H,1-8H2,(H2,19,21)(H2,20,29)(H,22,27)(H,30,31,32);;/q;+1;-1/t11-,14+;;/m1../s1. The Labute approximate surface area is 239 Å².